The van der Waals surface area contributed by atoms with Gasteiger partial charge in [0, 0.05) is 18.0 Å². The predicted octanol–water partition coefficient (Wildman–Crippen LogP) is 3.70. The Morgan fingerprint density at radius 1 is 1.30 bits per heavy atom. The summed E-state index contributed by atoms with van der Waals surface area (Å²) < 4.78 is 28.9. The molecule has 0 saturated heterocycles. The number of aromatic nitrogens is 1. The smallest absolute Gasteiger partial charge is 0.387 e. The van der Waals surface area contributed by atoms with Crippen LogP contribution in [0.4, 0.5) is 14.5 Å². The molecule has 1 aromatic carbocycles. The first-order valence-corrected chi connectivity index (χ1v) is 6.32. The van der Waals surface area contributed by atoms with Crippen molar-refractivity contribution in [1.82, 2.24) is 4.98 Å². The van der Waals surface area contributed by atoms with Gasteiger partial charge < -0.3 is 10.1 Å². The molecular formula is C13H9BrF2N2O2. The lowest BCUT2D eigenvalue weighted by atomic mass is 10.2. The van der Waals surface area contributed by atoms with E-state index in [1.54, 1.807) is 18.2 Å². The van der Waals surface area contributed by atoms with E-state index in [0.717, 1.165) is 0 Å². The summed E-state index contributed by atoms with van der Waals surface area (Å²) in [5.74, 6) is -0.428. The van der Waals surface area contributed by atoms with Crippen molar-refractivity contribution in [2.75, 3.05) is 5.32 Å². The van der Waals surface area contributed by atoms with Crippen molar-refractivity contribution in [2.24, 2.45) is 0 Å². The van der Waals surface area contributed by atoms with Gasteiger partial charge in [-0.05, 0) is 40.2 Å². The largest absolute Gasteiger partial charge is 0.435 e. The molecule has 4 nitrogen and oxygen atoms in total. The second-order valence-electron chi connectivity index (χ2n) is 3.70. The lowest BCUT2D eigenvalue weighted by Gasteiger charge is -2.09. The molecule has 2 aromatic rings. The summed E-state index contributed by atoms with van der Waals surface area (Å²) in [7, 11) is 0. The minimum Gasteiger partial charge on any atom is -0.435 e. The third-order valence-corrected chi connectivity index (χ3v) is 2.95. The third-order valence-electron chi connectivity index (χ3n) is 2.32. The zero-order valence-corrected chi connectivity index (χ0v) is 11.6. The number of nitrogens with zero attached hydrogens (tertiary/aromatic N) is 1. The number of ether oxygens (including phenoxy) is 1. The van der Waals surface area contributed by atoms with Crippen LogP contribution in [0, 0.1) is 0 Å². The highest BCUT2D eigenvalue weighted by Crippen LogP contribution is 2.21. The number of rotatable bonds is 4. The van der Waals surface area contributed by atoms with E-state index in [4.69, 9.17) is 0 Å². The number of alkyl halides is 2. The van der Waals surface area contributed by atoms with Crippen LogP contribution >= 0.6 is 15.9 Å². The Bertz CT molecular complexity index is 623. The minimum atomic E-state index is -2.91. The number of anilines is 1. The average Bonchev–Trinajstić information content (AvgIpc) is 2.38. The number of hydrogen-bond donors (Lipinski definition) is 1. The summed E-state index contributed by atoms with van der Waals surface area (Å²) in [6, 6.07) is 8.98. The Labute approximate surface area is 121 Å². The van der Waals surface area contributed by atoms with Gasteiger partial charge in [-0.25, -0.2) is 4.98 Å². The zero-order chi connectivity index (χ0) is 14.5. The van der Waals surface area contributed by atoms with Crippen LogP contribution in [0.2, 0.25) is 0 Å². The Balaban J connectivity index is 2.14. The molecule has 1 heterocycles. The van der Waals surface area contributed by atoms with E-state index in [1.165, 1.54) is 24.4 Å². The van der Waals surface area contributed by atoms with E-state index in [1.807, 2.05) is 0 Å². The maximum Gasteiger partial charge on any atom is 0.387 e. The summed E-state index contributed by atoms with van der Waals surface area (Å²) in [5, 5.41) is 2.58. The monoisotopic (exact) mass is 342 g/mol. The number of halogens is 3. The van der Waals surface area contributed by atoms with Crippen molar-refractivity contribution in [2.45, 2.75) is 6.61 Å². The predicted molar refractivity (Wildman–Crippen MR) is 73.0 cm³/mol. The Hall–Kier alpha value is -2.02. The van der Waals surface area contributed by atoms with Gasteiger partial charge >= 0.3 is 6.61 Å². The molecule has 0 unspecified atom stereocenters. The number of amides is 1. The highest BCUT2D eigenvalue weighted by Gasteiger charge is 2.11. The van der Waals surface area contributed by atoms with Gasteiger partial charge in [0.25, 0.3) is 5.91 Å². The first kappa shape index (κ1) is 14.4. The van der Waals surface area contributed by atoms with E-state index in [9.17, 15) is 13.6 Å². The van der Waals surface area contributed by atoms with Crippen molar-refractivity contribution < 1.29 is 18.3 Å². The van der Waals surface area contributed by atoms with Gasteiger partial charge in [-0.3, -0.25) is 4.79 Å². The summed E-state index contributed by atoms with van der Waals surface area (Å²) in [4.78, 5) is 15.9. The van der Waals surface area contributed by atoms with E-state index in [2.05, 4.69) is 31.0 Å². The molecule has 0 bridgehead atoms. The molecule has 0 fully saturated rings. The van der Waals surface area contributed by atoms with Crippen LogP contribution in [0.1, 0.15) is 10.4 Å². The van der Waals surface area contributed by atoms with E-state index in [-0.39, 0.29) is 5.75 Å². The third kappa shape index (κ3) is 3.74. The minimum absolute atomic E-state index is 0.0250. The van der Waals surface area contributed by atoms with Gasteiger partial charge in [-0.15, -0.1) is 0 Å². The van der Waals surface area contributed by atoms with Crippen LogP contribution in [0.15, 0.2) is 47.2 Å². The van der Waals surface area contributed by atoms with Gasteiger partial charge in [-0.1, -0.05) is 6.07 Å². The topological polar surface area (TPSA) is 51.2 Å². The maximum absolute atomic E-state index is 12.1. The Morgan fingerprint density at radius 3 is 2.80 bits per heavy atom. The zero-order valence-electron chi connectivity index (χ0n) is 10.0. The molecule has 0 atom stereocenters. The molecular weight excluding hydrogens is 334 g/mol. The van der Waals surface area contributed by atoms with Crippen LogP contribution < -0.4 is 10.1 Å². The molecule has 2 rings (SSSR count). The normalized spacial score (nSPS) is 10.4. The van der Waals surface area contributed by atoms with Crippen molar-refractivity contribution in [3.63, 3.8) is 0 Å². The molecule has 1 aromatic heterocycles. The van der Waals surface area contributed by atoms with Crippen LogP contribution in [0.5, 0.6) is 5.75 Å². The second-order valence-corrected chi connectivity index (χ2v) is 4.45. The van der Waals surface area contributed by atoms with Gasteiger partial charge in [-0.2, -0.15) is 8.78 Å². The van der Waals surface area contributed by atoms with Gasteiger partial charge in [0.1, 0.15) is 10.4 Å². The standard InChI is InChI=1S/C13H9BrF2N2O2/c14-11-10(5-2-6-17-11)12(19)18-8-3-1-4-9(7-8)20-13(15)16/h1-7,13H,(H,18,19). The van der Waals surface area contributed by atoms with Crippen molar-refractivity contribution in [1.29, 1.82) is 0 Å². The summed E-state index contributed by atoms with van der Waals surface area (Å²) >= 11 is 3.16. The average molecular weight is 343 g/mol. The highest BCUT2D eigenvalue weighted by atomic mass is 79.9. The Morgan fingerprint density at radius 2 is 2.10 bits per heavy atom. The quantitative estimate of drug-likeness (QED) is 0.862. The first-order chi connectivity index (χ1) is 9.56. The lowest BCUT2D eigenvalue weighted by molar-refractivity contribution is -0.0497. The molecule has 1 amide bonds. The lowest BCUT2D eigenvalue weighted by Crippen LogP contribution is -2.13. The molecule has 7 heteroatoms. The van der Waals surface area contributed by atoms with Crippen molar-refractivity contribution in [3.8, 4) is 5.75 Å². The first-order valence-electron chi connectivity index (χ1n) is 5.53. The van der Waals surface area contributed by atoms with Gasteiger partial charge in [0.2, 0.25) is 0 Å². The maximum atomic E-state index is 12.1. The SMILES string of the molecule is O=C(Nc1cccc(OC(F)F)c1)c1cccnc1Br. The van der Waals surface area contributed by atoms with Crippen LogP contribution in [0.25, 0.3) is 0 Å². The highest BCUT2D eigenvalue weighted by molar-refractivity contribution is 9.10. The summed E-state index contributed by atoms with van der Waals surface area (Å²) in [5.41, 5.74) is 0.691. The number of carbonyl (C=O) groups is 1. The van der Waals surface area contributed by atoms with Gasteiger partial charge in [0.15, 0.2) is 0 Å². The number of benzene rings is 1. The van der Waals surface area contributed by atoms with Crippen LogP contribution in [0.3, 0.4) is 0 Å². The van der Waals surface area contributed by atoms with E-state index in [0.29, 0.717) is 15.9 Å². The second kappa shape index (κ2) is 6.42. The van der Waals surface area contributed by atoms with Crippen LogP contribution in [-0.4, -0.2) is 17.5 Å². The number of nitrogens with one attached hydrogen (secondary N) is 1. The molecule has 0 radical (unpaired) electrons. The molecule has 0 aliphatic rings. The van der Waals surface area contributed by atoms with E-state index < -0.39 is 12.5 Å². The fraction of sp³-hybridized carbons (Fsp3) is 0.0769. The van der Waals surface area contributed by atoms with E-state index >= 15 is 0 Å². The molecule has 104 valence electrons. The number of carbonyl (C=O) groups excluding carboxylic acids is 1. The summed E-state index contributed by atoms with van der Waals surface area (Å²) in [6.45, 7) is -2.91. The molecule has 0 spiro atoms. The molecule has 0 saturated carbocycles. The van der Waals surface area contributed by atoms with Gasteiger partial charge in [0.05, 0.1) is 5.56 Å². The van der Waals surface area contributed by atoms with Crippen molar-refractivity contribution >= 4 is 27.5 Å². The Kier molecular flexibility index (Phi) is 4.62. The number of pyridine rings is 1. The number of hydrogen-bond acceptors (Lipinski definition) is 3. The molecule has 0 aliphatic heterocycles. The fourth-order valence-corrected chi connectivity index (χ4v) is 1.93. The van der Waals surface area contributed by atoms with Crippen LogP contribution in [-0.2, 0) is 0 Å². The molecule has 1 N–H and O–H groups in total. The fourth-order valence-electron chi connectivity index (χ4n) is 1.50. The molecule has 20 heavy (non-hydrogen) atoms. The molecule has 0 aliphatic carbocycles. The summed E-state index contributed by atoms with van der Waals surface area (Å²) in [6.07, 6.45) is 1.54. The van der Waals surface area contributed by atoms with Crippen molar-refractivity contribution in [3.05, 3.63) is 52.8 Å².